The molecule has 0 aliphatic carbocycles. The lowest BCUT2D eigenvalue weighted by Gasteiger charge is -2.11. The minimum Gasteiger partial charge on any atom is -0.326 e. The molecule has 21 heavy (non-hydrogen) atoms. The van der Waals surface area contributed by atoms with Gasteiger partial charge in [-0.1, -0.05) is 11.6 Å². The smallest absolute Gasteiger partial charge is 0.266 e. The summed E-state index contributed by atoms with van der Waals surface area (Å²) in [5.41, 5.74) is 5.46. The fourth-order valence-corrected chi connectivity index (χ4v) is 2.97. The van der Waals surface area contributed by atoms with Crippen molar-refractivity contribution in [2.75, 3.05) is 4.72 Å². The molecule has 0 unspecified atom stereocenters. The van der Waals surface area contributed by atoms with Gasteiger partial charge in [-0.05, 0) is 29.8 Å². The van der Waals surface area contributed by atoms with Crippen LogP contribution in [0, 0.1) is 11.6 Å². The highest BCUT2D eigenvalue weighted by Crippen LogP contribution is 2.25. The first kappa shape index (κ1) is 15.6. The zero-order chi connectivity index (χ0) is 15.6. The lowest BCUT2D eigenvalue weighted by Crippen LogP contribution is -2.17. The van der Waals surface area contributed by atoms with Crippen molar-refractivity contribution in [1.82, 2.24) is 4.98 Å². The van der Waals surface area contributed by atoms with E-state index in [0.717, 1.165) is 12.1 Å². The number of aromatic nitrogens is 1. The third-order valence-electron chi connectivity index (χ3n) is 2.57. The van der Waals surface area contributed by atoms with Crippen LogP contribution in [0.25, 0.3) is 0 Å². The van der Waals surface area contributed by atoms with Gasteiger partial charge in [0.2, 0.25) is 0 Å². The fourth-order valence-electron chi connectivity index (χ4n) is 1.57. The molecule has 0 fully saturated rings. The molecule has 1 aromatic heterocycles. The van der Waals surface area contributed by atoms with Gasteiger partial charge in [0.1, 0.15) is 4.90 Å². The molecule has 112 valence electrons. The van der Waals surface area contributed by atoms with Crippen molar-refractivity contribution in [1.29, 1.82) is 0 Å². The van der Waals surface area contributed by atoms with E-state index >= 15 is 0 Å². The van der Waals surface area contributed by atoms with Crippen molar-refractivity contribution < 1.29 is 17.2 Å². The summed E-state index contributed by atoms with van der Waals surface area (Å²) in [7, 11) is -4.39. The SMILES string of the molecule is NCc1cc(F)c(F)c(S(=O)(=O)Nc2ncccc2Cl)c1. The molecule has 3 N–H and O–H groups in total. The molecule has 0 bridgehead atoms. The van der Waals surface area contributed by atoms with Crippen molar-refractivity contribution in [3.05, 3.63) is 52.7 Å². The molecule has 0 aliphatic heterocycles. The monoisotopic (exact) mass is 333 g/mol. The fraction of sp³-hybridized carbons (Fsp3) is 0.0833. The summed E-state index contributed by atoms with van der Waals surface area (Å²) in [6.07, 6.45) is 1.30. The summed E-state index contributed by atoms with van der Waals surface area (Å²) >= 11 is 5.77. The topological polar surface area (TPSA) is 85.1 Å². The second kappa shape index (κ2) is 5.92. The molecule has 0 aliphatic rings. The van der Waals surface area contributed by atoms with Gasteiger partial charge in [-0.25, -0.2) is 22.2 Å². The Morgan fingerprint density at radius 2 is 2.05 bits per heavy atom. The first-order chi connectivity index (χ1) is 9.85. The first-order valence-electron chi connectivity index (χ1n) is 5.66. The van der Waals surface area contributed by atoms with Crippen LogP contribution in [0.5, 0.6) is 0 Å². The Labute approximate surface area is 124 Å². The van der Waals surface area contributed by atoms with Crippen molar-refractivity contribution in [3.63, 3.8) is 0 Å². The number of hydrogen-bond donors (Lipinski definition) is 2. The highest BCUT2D eigenvalue weighted by molar-refractivity contribution is 7.92. The summed E-state index contributed by atoms with van der Waals surface area (Å²) in [5.74, 6) is -2.98. The Kier molecular flexibility index (Phi) is 4.40. The van der Waals surface area contributed by atoms with Crippen molar-refractivity contribution in [2.45, 2.75) is 11.4 Å². The number of halogens is 3. The summed E-state index contributed by atoms with van der Waals surface area (Å²) in [6.45, 7) is -0.135. The molecule has 1 heterocycles. The predicted octanol–water partition coefficient (Wildman–Crippen LogP) is 2.27. The number of rotatable bonds is 4. The minimum absolute atomic E-state index is 0.0249. The molecule has 0 saturated carbocycles. The van der Waals surface area contributed by atoms with Gasteiger partial charge in [0.15, 0.2) is 17.5 Å². The molecule has 0 amide bonds. The molecule has 0 radical (unpaired) electrons. The largest absolute Gasteiger partial charge is 0.326 e. The van der Waals surface area contributed by atoms with Crippen LogP contribution in [-0.4, -0.2) is 13.4 Å². The Morgan fingerprint density at radius 3 is 2.67 bits per heavy atom. The van der Waals surface area contributed by atoms with Gasteiger partial charge in [-0.15, -0.1) is 0 Å². The van der Waals surface area contributed by atoms with E-state index in [1.807, 2.05) is 4.72 Å². The van der Waals surface area contributed by atoms with Gasteiger partial charge in [-0.3, -0.25) is 4.72 Å². The third kappa shape index (κ3) is 3.29. The van der Waals surface area contributed by atoms with E-state index in [1.54, 1.807) is 0 Å². The normalized spacial score (nSPS) is 11.4. The van der Waals surface area contributed by atoms with Gasteiger partial charge in [0.25, 0.3) is 10.0 Å². The molecule has 0 spiro atoms. The van der Waals surface area contributed by atoms with Crippen LogP contribution in [0.1, 0.15) is 5.56 Å². The Bertz CT molecular complexity index is 784. The molecular formula is C12H10ClF2N3O2S. The Hall–Kier alpha value is -1.77. The molecule has 0 saturated heterocycles. The van der Waals surface area contributed by atoms with Crippen LogP contribution in [0.15, 0.2) is 35.4 Å². The maximum absolute atomic E-state index is 13.7. The lowest BCUT2D eigenvalue weighted by molar-refractivity contribution is 0.483. The quantitative estimate of drug-likeness (QED) is 0.898. The van der Waals surface area contributed by atoms with Crippen LogP contribution < -0.4 is 10.5 Å². The summed E-state index contributed by atoms with van der Waals surface area (Å²) < 4.78 is 53.4. The highest BCUT2D eigenvalue weighted by atomic mass is 35.5. The van der Waals surface area contributed by atoms with Crippen molar-refractivity contribution >= 4 is 27.4 Å². The highest BCUT2D eigenvalue weighted by Gasteiger charge is 2.24. The Balaban J connectivity index is 2.50. The number of nitrogens with two attached hydrogens (primary N) is 1. The molecule has 1 aromatic carbocycles. The number of pyridine rings is 1. The second-order valence-electron chi connectivity index (χ2n) is 4.03. The number of anilines is 1. The predicted molar refractivity (Wildman–Crippen MR) is 74.3 cm³/mol. The third-order valence-corrected chi connectivity index (χ3v) is 4.21. The van der Waals surface area contributed by atoms with Gasteiger partial charge < -0.3 is 5.73 Å². The van der Waals surface area contributed by atoms with Crippen molar-refractivity contribution in [2.24, 2.45) is 5.73 Å². The first-order valence-corrected chi connectivity index (χ1v) is 7.52. The maximum atomic E-state index is 13.7. The average molecular weight is 334 g/mol. The molecule has 5 nitrogen and oxygen atoms in total. The van der Waals surface area contributed by atoms with Gasteiger partial charge in [0.05, 0.1) is 5.02 Å². The van der Waals surface area contributed by atoms with Gasteiger partial charge in [-0.2, -0.15) is 0 Å². The number of nitrogens with one attached hydrogen (secondary N) is 1. The van der Waals surface area contributed by atoms with E-state index in [4.69, 9.17) is 17.3 Å². The van der Waals surface area contributed by atoms with E-state index in [9.17, 15) is 17.2 Å². The second-order valence-corrected chi connectivity index (χ2v) is 6.09. The van der Waals surface area contributed by atoms with Gasteiger partial charge in [0, 0.05) is 12.7 Å². The standard InChI is InChI=1S/C12H10ClF2N3O2S/c13-8-2-1-3-17-12(8)18-21(19,20)10-5-7(6-16)4-9(14)11(10)15/h1-5H,6,16H2,(H,17,18). The van der Waals surface area contributed by atoms with E-state index in [1.165, 1.54) is 18.3 Å². The molecule has 9 heteroatoms. The molecule has 2 rings (SSSR count). The van der Waals surface area contributed by atoms with E-state index in [2.05, 4.69) is 4.98 Å². The van der Waals surface area contributed by atoms with E-state index < -0.39 is 26.6 Å². The minimum atomic E-state index is -4.39. The van der Waals surface area contributed by atoms with E-state index in [0.29, 0.717) is 0 Å². The van der Waals surface area contributed by atoms with E-state index in [-0.39, 0.29) is 22.9 Å². The number of benzene rings is 1. The van der Waals surface area contributed by atoms with Gasteiger partial charge >= 0.3 is 0 Å². The van der Waals surface area contributed by atoms with Crippen molar-refractivity contribution in [3.8, 4) is 0 Å². The lowest BCUT2D eigenvalue weighted by atomic mass is 10.2. The molecular weight excluding hydrogens is 324 g/mol. The average Bonchev–Trinajstić information content (AvgIpc) is 2.43. The zero-order valence-corrected chi connectivity index (χ0v) is 12.0. The van der Waals surface area contributed by atoms with Crippen LogP contribution in [-0.2, 0) is 16.6 Å². The van der Waals surface area contributed by atoms with Crippen LogP contribution in [0.3, 0.4) is 0 Å². The number of hydrogen-bond acceptors (Lipinski definition) is 4. The summed E-state index contributed by atoms with van der Waals surface area (Å²) in [6, 6.07) is 4.69. The summed E-state index contributed by atoms with van der Waals surface area (Å²) in [5, 5.41) is 0.0249. The van der Waals surface area contributed by atoms with Crippen LogP contribution in [0.4, 0.5) is 14.6 Å². The van der Waals surface area contributed by atoms with Crippen LogP contribution >= 0.6 is 11.6 Å². The molecule has 2 aromatic rings. The zero-order valence-electron chi connectivity index (χ0n) is 10.5. The number of sulfonamides is 1. The van der Waals surface area contributed by atoms with Crippen LogP contribution in [0.2, 0.25) is 5.02 Å². The maximum Gasteiger partial charge on any atom is 0.266 e. The molecule has 0 atom stereocenters. The number of nitrogens with zero attached hydrogens (tertiary/aromatic N) is 1. The summed E-state index contributed by atoms with van der Waals surface area (Å²) in [4.78, 5) is 2.86. The Morgan fingerprint density at radius 1 is 1.33 bits per heavy atom.